The zero-order chi connectivity index (χ0) is 14.3. The van der Waals surface area contributed by atoms with Crippen LogP contribution in [0.15, 0.2) is 18.2 Å². The summed E-state index contributed by atoms with van der Waals surface area (Å²) in [6.45, 7) is 2.32. The van der Waals surface area contributed by atoms with E-state index in [-0.39, 0.29) is 18.3 Å². The first-order chi connectivity index (χ1) is 9.04. The monoisotopic (exact) mass is 270 g/mol. The van der Waals surface area contributed by atoms with E-state index >= 15 is 0 Å². The molecule has 0 radical (unpaired) electrons. The summed E-state index contributed by atoms with van der Waals surface area (Å²) in [6.07, 6.45) is 1.84. The fourth-order valence-corrected chi connectivity index (χ4v) is 1.33. The lowest BCUT2D eigenvalue weighted by Crippen LogP contribution is -2.29. The van der Waals surface area contributed by atoms with Gasteiger partial charge in [0.2, 0.25) is 5.82 Å². The van der Waals surface area contributed by atoms with Crippen molar-refractivity contribution in [2.45, 2.75) is 19.8 Å². The summed E-state index contributed by atoms with van der Waals surface area (Å²) >= 11 is 0. The predicted octanol–water partition coefficient (Wildman–Crippen LogP) is 2.03. The van der Waals surface area contributed by atoms with E-state index in [4.69, 9.17) is 4.74 Å². The zero-order valence-electron chi connectivity index (χ0n) is 10.5. The number of hydrogen-bond donors (Lipinski definition) is 1. The summed E-state index contributed by atoms with van der Waals surface area (Å²) in [5.74, 6) is -1.23. The second-order valence-electron chi connectivity index (χ2n) is 3.86. The number of benzene rings is 1. The second-order valence-corrected chi connectivity index (χ2v) is 3.86. The summed E-state index contributed by atoms with van der Waals surface area (Å²) < 4.78 is 18.3. The van der Waals surface area contributed by atoms with Crippen LogP contribution in [0.3, 0.4) is 0 Å². The van der Waals surface area contributed by atoms with Crippen LogP contribution < -0.4 is 10.1 Å². The van der Waals surface area contributed by atoms with Crippen molar-refractivity contribution in [2.75, 3.05) is 13.2 Å². The number of carbonyl (C=O) groups excluding carboxylic acids is 1. The molecule has 0 saturated carbocycles. The van der Waals surface area contributed by atoms with Gasteiger partial charge in [0.1, 0.15) is 5.75 Å². The maximum atomic E-state index is 13.3. The van der Waals surface area contributed by atoms with E-state index in [2.05, 4.69) is 5.32 Å². The third kappa shape index (κ3) is 4.90. The van der Waals surface area contributed by atoms with Crippen LogP contribution in [-0.2, 0) is 4.79 Å². The Balaban J connectivity index is 2.48. The number of nitrogens with zero attached hydrogens (tertiary/aromatic N) is 1. The predicted molar refractivity (Wildman–Crippen MR) is 66.5 cm³/mol. The number of amides is 1. The van der Waals surface area contributed by atoms with E-state index in [1.54, 1.807) is 0 Å². The van der Waals surface area contributed by atoms with Crippen molar-refractivity contribution in [1.82, 2.24) is 5.32 Å². The summed E-state index contributed by atoms with van der Waals surface area (Å²) in [5.41, 5.74) is -0.625. The normalized spacial score (nSPS) is 10.0. The highest BCUT2D eigenvalue weighted by molar-refractivity contribution is 5.77. The summed E-state index contributed by atoms with van der Waals surface area (Å²) in [6, 6.07) is 3.14. The minimum atomic E-state index is -0.992. The van der Waals surface area contributed by atoms with Crippen LogP contribution in [0.2, 0.25) is 0 Å². The first kappa shape index (κ1) is 14.9. The molecule has 0 unspecified atom stereocenters. The van der Waals surface area contributed by atoms with Gasteiger partial charge in [-0.2, -0.15) is 4.39 Å². The molecule has 0 atom stereocenters. The molecule has 1 aromatic rings. The van der Waals surface area contributed by atoms with Gasteiger partial charge in [0.15, 0.2) is 6.61 Å². The minimum Gasteiger partial charge on any atom is -0.484 e. The van der Waals surface area contributed by atoms with Gasteiger partial charge in [-0.15, -0.1) is 0 Å². The van der Waals surface area contributed by atoms with Gasteiger partial charge in [-0.3, -0.25) is 14.9 Å². The number of ether oxygens (including phenoxy) is 1. The third-order valence-electron chi connectivity index (χ3n) is 2.34. The van der Waals surface area contributed by atoms with Crippen LogP contribution in [0.1, 0.15) is 19.8 Å². The first-order valence-corrected chi connectivity index (χ1v) is 5.88. The van der Waals surface area contributed by atoms with E-state index in [1.165, 1.54) is 6.07 Å². The largest absolute Gasteiger partial charge is 0.484 e. The zero-order valence-corrected chi connectivity index (χ0v) is 10.5. The Hall–Kier alpha value is -2.18. The molecule has 19 heavy (non-hydrogen) atoms. The van der Waals surface area contributed by atoms with Crippen molar-refractivity contribution in [3.63, 3.8) is 0 Å². The molecule has 0 spiro atoms. The van der Waals surface area contributed by atoms with Crippen LogP contribution in [0, 0.1) is 15.9 Å². The Kier molecular flexibility index (Phi) is 5.72. The molecule has 6 nitrogen and oxygen atoms in total. The molecule has 1 rings (SSSR count). The molecule has 1 amide bonds. The van der Waals surface area contributed by atoms with Gasteiger partial charge >= 0.3 is 5.69 Å². The molecule has 0 bridgehead atoms. The molecule has 0 aromatic heterocycles. The molecule has 104 valence electrons. The highest BCUT2D eigenvalue weighted by Gasteiger charge is 2.14. The quantitative estimate of drug-likeness (QED) is 0.467. The number of nitro groups is 1. The highest BCUT2D eigenvalue weighted by Crippen LogP contribution is 2.22. The van der Waals surface area contributed by atoms with Gasteiger partial charge in [-0.25, -0.2) is 0 Å². The SMILES string of the molecule is CCCCNC(=O)COc1ccc([N+](=O)[O-])c(F)c1. The van der Waals surface area contributed by atoms with Crippen molar-refractivity contribution < 1.29 is 18.8 Å². The lowest BCUT2D eigenvalue weighted by atomic mass is 10.3. The summed E-state index contributed by atoms with van der Waals surface area (Å²) in [4.78, 5) is 20.9. The molecule has 7 heteroatoms. The number of hydrogen-bond acceptors (Lipinski definition) is 4. The molecular formula is C12H15FN2O4. The maximum absolute atomic E-state index is 13.3. The van der Waals surface area contributed by atoms with E-state index in [1.807, 2.05) is 6.92 Å². The number of rotatable bonds is 7. The van der Waals surface area contributed by atoms with E-state index in [9.17, 15) is 19.3 Å². The van der Waals surface area contributed by atoms with Crippen molar-refractivity contribution >= 4 is 11.6 Å². The lowest BCUT2D eigenvalue weighted by Gasteiger charge is -2.07. The van der Waals surface area contributed by atoms with Crippen LogP contribution in [0.25, 0.3) is 0 Å². The van der Waals surface area contributed by atoms with Gasteiger partial charge in [-0.05, 0) is 12.5 Å². The minimum absolute atomic E-state index is 0.0775. The number of carbonyl (C=O) groups is 1. The van der Waals surface area contributed by atoms with E-state index < -0.39 is 16.4 Å². The van der Waals surface area contributed by atoms with Gasteiger partial charge < -0.3 is 10.1 Å². The van der Waals surface area contributed by atoms with Crippen molar-refractivity contribution in [1.29, 1.82) is 0 Å². The van der Waals surface area contributed by atoms with Gasteiger partial charge in [0, 0.05) is 18.7 Å². The fourth-order valence-electron chi connectivity index (χ4n) is 1.33. The number of nitrogens with one attached hydrogen (secondary N) is 1. The molecular weight excluding hydrogens is 255 g/mol. The molecule has 0 aliphatic carbocycles. The number of nitro benzene ring substituents is 1. The average Bonchev–Trinajstić information content (AvgIpc) is 2.36. The standard InChI is InChI=1S/C12H15FN2O4/c1-2-3-6-14-12(16)8-19-9-4-5-11(15(17)18)10(13)7-9/h4-5,7H,2-3,6,8H2,1H3,(H,14,16). The van der Waals surface area contributed by atoms with Crippen LogP contribution >= 0.6 is 0 Å². The topological polar surface area (TPSA) is 81.5 Å². The Morgan fingerprint density at radius 3 is 2.84 bits per heavy atom. The third-order valence-corrected chi connectivity index (χ3v) is 2.34. The molecule has 0 aliphatic rings. The Bertz CT molecular complexity index is 465. The maximum Gasteiger partial charge on any atom is 0.305 e. The van der Waals surface area contributed by atoms with Crippen molar-refractivity contribution in [3.8, 4) is 5.75 Å². The van der Waals surface area contributed by atoms with Crippen molar-refractivity contribution in [2.24, 2.45) is 0 Å². The summed E-state index contributed by atoms with van der Waals surface area (Å²) in [5, 5.41) is 13.0. The van der Waals surface area contributed by atoms with Gasteiger partial charge in [0.05, 0.1) is 4.92 Å². The highest BCUT2D eigenvalue weighted by atomic mass is 19.1. The Morgan fingerprint density at radius 2 is 2.26 bits per heavy atom. The molecule has 0 heterocycles. The molecule has 1 N–H and O–H groups in total. The summed E-state index contributed by atoms with van der Waals surface area (Å²) in [7, 11) is 0. The molecule has 1 aromatic carbocycles. The Labute approximate surface area is 109 Å². The van der Waals surface area contributed by atoms with Gasteiger partial charge in [-0.1, -0.05) is 13.3 Å². The van der Waals surface area contributed by atoms with Gasteiger partial charge in [0.25, 0.3) is 5.91 Å². The number of unbranched alkanes of at least 4 members (excludes halogenated alkanes) is 1. The van der Waals surface area contributed by atoms with Crippen LogP contribution in [0.4, 0.5) is 10.1 Å². The molecule has 0 aliphatic heterocycles. The van der Waals surface area contributed by atoms with Crippen LogP contribution in [0.5, 0.6) is 5.75 Å². The molecule has 0 saturated heterocycles. The average molecular weight is 270 g/mol. The number of halogens is 1. The lowest BCUT2D eigenvalue weighted by molar-refractivity contribution is -0.387. The second kappa shape index (κ2) is 7.30. The van der Waals surface area contributed by atoms with E-state index in [0.29, 0.717) is 6.54 Å². The Morgan fingerprint density at radius 1 is 1.53 bits per heavy atom. The molecule has 0 fully saturated rings. The first-order valence-electron chi connectivity index (χ1n) is 5.88. The fraction of sp³-hybridized carbons (Fsp3) is 0.417. The van der Waals surface area contributed by atoms with E-state index in [0.717, 1.165) is 25.0 Å². The van der Waals surface area contributed by atoms with Crippen molar-refractivity contribution in [3.05, 3.63) is 34.1 Å². The smallest absolute Gasteiger partial charge is 0.305 e. The van der Waals surface area contributed by atoms with Crippen LogP contribution in [-0.4, -0.2) is 24.0 Å².